The predicted octanol–water partition coefficient (Wildman–Crippen LogP) is 3.49. The first kappa shape index (κ1) is 21.9. The summed E-state index contributed by atoms with van der Waals surface area (Å²) >= 11 is 0. The zero-order valence-electron chi connectivity index (χ0n) is 16.4. The number of rotatable bonds is 10. The van der Waals surface area contributed by atoms with Crippen LogP contribution in [0.5, 0.6) is 11.5 Å². The van der Waals surface area contributed by atoms with Gasteiger partial charge >= 0.3 is 0 Å². The third kappa shape index (κ3) is 7.25. The molecule has 0 atom stereocenters. The van der Waals surface area contributed by atoms with Crippen molar-refractivity contribution in [1.82, 2.24) is 5.43 Å². The van der Waals surface area contributed by atoms with Gasteiger partial charge in [-0.25, -0.2) is 9.82 Å². The van der Waals surface area contributed by atoms with Crippen molar-refractivity contribution in [1.29, 1.82) is 0 Å². The molecule has 2 N–H and O–H groups in total. The molecule has 0 heterocycles. The van der Waals surface area contributed by atoms with Gasteiger partial charge in [0.1, 0.15) is 5.82 Å². The summed E-state index contributed by atoms with van der Waals surface area (Å²) in [7, 11) is 1.55. The quantitative estimate of drug-likeness (QED) is 0.471. The monoisotopic (exact) mass is 401 g/mol. The van der Waals surface area contributed by atoms with Gasteiger partial charge in [-0.2, -0.15) is 5.10 Å². The second-order valence-corrected chi connectivity index (χ2v) is 6.08. The van der Waals surface area contributed by atoms with E-state index < -0.39 is 5.91 Å². The molecule has 154 valence electrons. The minimum Gasteiger partial charge on any atom is -0.493 e. The van der Waals surface area contributed by atoms with E-state index in [4.69, 9.17) is 9.47 Å². The Hall–Kier alpha value is -3.42. The molecule has 0 radical (unpaired) electrons. The Kier molecular flexibility index (Phi) is 8.62. The number of ether oxygens (including phenoxy) is 2. The van der Waals surface area contributed by atoms with Crippen LogP contribution in [0.2, 0.25) is 0 Å². The summed E-state index contributed by atoms with van der Waals surface area (Å²) in [6, 6.07) is 10.7. The molecule has 0 aliphatic heterocycles. The lowest BCUT2D eigenvalue weighted by molar-refractivity contribution is -0.124. The van der Waals surface area contributed by atoms with Crippen molar-refractivity contribution in [2.45, 2.75) is 26.2 Å². The third-order valence-electron chi connectivity index (χ3n) is 3.78. The number of hydrogen-bond acceptors (Lipinski definition) is 5. The van der Waals surface area contributed by atoms with E-state index >= 15 is 0 Å². The van der Waals surface area contributed by atoms with E-state index in [0.717, 1.165) is 6.42 Å². The molecular weight excluding hydrogens is 377 g/mol. The van der Waals surface area contributed by atoms with E-state index in [1.165, 1.54) is 30.5 Å². The topological polar surface area (TPSA) is 89.0 Å². The van der Waals surface area contributed by atoms with E-state index in [1.54, 1.807) is 25.3 Å². The molecule has 0 unspecified atom stereocenters. The summed E-state index contributed by atoms with van der Waals surface area (Å²) in [4.78, 5) is 23.8. The minimum atomic E-state index is -0.408. The second-order valence-electron chi connectivity index (χ2n) is 6.08. The molecule has 0 aromatic heterocycles. The summed E-state index contributed by atoms with van der Waals surface area (Å²) < 4.78 is 23.8. The van der Waals surface area contributed by atoms with Crippen molar-refractivity contribution in [3.8, 4) is 11.5 Å². The molecule has 29 heavy (non-hydrogen) atoms. The first-order chi connectivity index (χ1) is 14.0. The zero-order chi connectivity index (χ0) is 21.1. The number of hydrogen-bond donors (Lipinski definition) is 2. The summed E-state index contributed by atoms with van der Waals surface area (Å²) in [5.74, 6) is -0.0209. The Labute approximate surface area is 168 Å². The lowest BCUT2D eigenvalue weighted by Crippen LogP contribution is -2.20. The number of para-hydroxylation sites is 1. The van der Waals surface area contributed by atoms with Crippen LogP contribution < -0.4 is 20.2 Å². The van der Waals surface area contributed by atoms with Crippen LogP contribution in [-0.2, 0) is 9.59 Å². The van der Waals surface area contributed by atoms with Gasteiger partial charge < -0.3 is 14.8 Å². The average molecular weight is 401 g/mol. The number of benzene rings is 2. The van der Waals surface area contributed by atoms with Crippen LogP contribution in [0.4, 0.5) is 10.1 Å². The molecule has 0 saturated carbocycles. The van der Waals surface area contributed by atoms with Crippen LogP contribution in [0.1, 0.15) is 31.7 Å². The van der Waals surface area contributed by atoms with Crippen molar-refractivity contribution in [2.24, 2.45) is 5.10 Å². The van der Waals surface area contributed by atoms with Crippen molar-refractivity contribution in [3.63, 3.8) is 0 Å². The molecular formula is C21H24FN3O4. The van der Waals surface area contributed by atoms with Gasteiger partial charge in [-0.15, -0.1) is 0 Å². The smallest absolute Gasteiger partial charge is 0.240 e. The number of halogens is 1. The summed E-state index contributed by atoms with van der Waals surface area (Å²) in [5, 5.41) is 6.52. The molecule has 2 rings (SSSR count). The van der Waals surface area contributed by atoms with E-state index in [0.29, 0.717) is 29.4 Å². The number of carbonyl (C=O) groups is 2. The van der Waals surface area contributed by atoms with Crippen LogP contribution >= 0.6 is 0 Å². The van der Waals surface area contributed by atoms with E-state index in [9.17, 15) is 14.0 Å². The second kappa shape index (κ2) is 11.4. The highest BCUT2D eigenvalue weighted by Crippen LogP contribution is 2.30. The molecule has 7 nitrogen and oxygen atoms in total. The van der Waals surface area contributed by atoms with E-state index in [2.05, 4.69) is 15.8 Å². The zero-order valence-corrected chi connectivity index (χ0v) is 16.4. The third-order valence-corrected chi connectivity index (χ3v) is 3.78. The lowest BCUT2D eigenvalue weighted by atomic mass is 10.2. The van der Waals surface area contributed by atoms with Crippen molar-refractivity contribution in [2.75, 3.05) is 19.0 Å². The molecule has 2 amide bonds. The van der Waals surface area contributed by atoms with Gasteiger partial charge in [-0.1, -0.05) is 13.0 Å². The molecule has 2 aromatic rings. The van der Waals surface area contributed by atoms with Crippen molar-refractivity contribution >= 4 is 23.7 Å². The maximum Gasteiger partial charge on any atom is 0.240 e. The van der Waals surface area contributed by atoms with Gasteiger partial charge in [-0.05, 0) is 42.8 Å². The average Bonchev–Trinajstić information content (AvgIpc) is 2.72. The van der Waals surface area contributed by atoms with Gasteiger partial charge in [0.2, 0.25) is 11.8 Å². The van der Waals surface area contributed by atoms with Gasteiger partial charge in [0.25, 0.3) is 0 Å². The fraction of sp³-hybridized carbons (Fsp3) is 0.286. The number of anilines is 1. The highest BCUT2D eigenvalue weighted by molar-refractivity contribution is 5.93. The fourth-order valence-corrected chi connectivity index (χ4v) is 2.37. The van der Waals surface area contributed by atoms with Crippen LogP contribution in [0.25, 0.3) is 0 Å². The molecule has 0 fully saturated rings. The molecule has 0 bridgehead atoms. The standard InChI is InChI=1S/C21H24FN3O4/c1-3-13-29-21-15(5-4-6-18(21)28-2)14-23-25-20(27)12-11-19(26)24-17-9-7-16(22)8-10-17/h4-10,14H,3,11-13H2,1-2H3,(H,24,26)(H,25,27). The van der Waals surface area contributed by atoms with Gasteiger partial charge in [-0.3, -0.25) is 9.59 Å². The lowest BCUT2D eigenvalue weighted by Gasteiger charge is -2.12. The predicted molar refractivity (Wildman–Crippen MR) is 109 cm³/mol. The Morgan fingerprint density at radius 2 is 1.83 bits per heavy atom. The normalized spacial score (nSPS) is 10.6. The Balaban J connectivity index is 1.84. The Morgan fingerprint density at radius 3 is 2.52 bits per heavy atom. The number of methoxy groups -OCH3 is 1. The summed E-state index contributed by atoms with van der Waals surface area (Å²) in [6.07, 6.45) is 2.24. The Bertz CT molecular complexity index is 854. The number of nitrogens with one attached hydrogen (secondary N) is 2. The minimum absolute atomic E-state index is 0.0250. The van der Waals surface area contributed by atoms with Crippen LogP contribution in [-0.4, -0.2) is 31.7 Å². The highest BCUT2D eigenvalue weighted by Gasteiger charge is 2.10. The number of hydrazone groups is 1. The summed E-state index contributed by atoms with van der Waals surface area (Å²) in [5.41, 5.74) is 3.51. The van der Waals surface area contributed by atoms with Crippen LogP contribution in [0.3, 0.4) is 0 Å². The van der Waals surface area contributed by atoms with Gasteiger partial charge in [0.05, 0.1) is 19.9 Å². The van der Waals surface area contributed by atoms with Gasteiger partial charge in [0.15, 0.2) is 11.5 Å². The van der Waals surface area contributed by atoms with Crippen LogP contribution in [0.15, 0.2) is 47.6 Å². The number of carbonyl (C=O) groups excluding carboxylic acids is 2. The summed E-state index contributed by atoms with van der Waals surface area (Å²) in [6.45, 7) is 2.52. The molecule has 0 saturated heterocycles. The first-order valence-electron chi connectivity index (χ1n) is 9.20. The SMILES string of the molecule is CCCOc1c(C=NNC(=O)CCC(=O)Nc2ccc(F)cc2)cccc1OC. The molecule has 0 aliphatic rings. The Morgan fingerprint density at radius 1 is 1.10 bits per heavy atom. The highest BCUT2D eigenvalue weighted by atomic mass is 19.1. The van der Waals surface area contributed by atoms with E-state index in [-0.39, 0.29) is 24.6 Å². The van der Waals surface area contributed by atoms with Gasteiger partial charge in [0, 0.05) is 24.1 Å². The molecule has 0 spiro atoms. The largest absolute Gasteiger partial charge is 0.493 e. The van der Waals surface area contributed by atoms with Crippen molar-refractivity contribution in [3.05, 3.63) is 53.8 Å². The molecule has 8 heteroatoms. The number of nitrogens with zero attached hydrogens (tertiary/aromatic N) is 1. The maximum atomic E-state index is 12.9. The fourth-order valence-electron chi connectivity index (χ4n) is 2.37. The van der Waals surface area contributed by atoms with E-state index in [1.807, 2.05) is 6.92 Å². The van der Waals surface area contributed by atoms with Crippen molar-refractivity contribution < 1.29 is 23.5 Å². The van der Waals surface area contributed by atoms with Crippen LogP contribution in [0, 0.1) is 5.82 Å². The number of amides is 2. The maximum absolute atomic E-state index is 12.9. The molecule has 2 aromatic carbocycles. The molecule has 0 aliphatic carbocycles. The first-order valence-corrected chi connectivity index (χ1v) is 9.20.